The van der Waals surface area contributed by atoms with Gasteiger partial charge in [0, 0.05) is 17.0 Å². The molecule has 1 amide bonds. The Kier molecular flexibility index (Phi) is 5.16. The van der Waals surface area contributed by atoms with Crippen LogP contribution in [0.2, 0.25) is 0 Å². The number of rotatable bonds is 5. The molecule has 3 rings (SSSR count). The number of amides is 1. The first-order valence-corrected chi connectivity index (χ1v) is 8.41. The van der Waals surface area contributed by atoms with Crippen molar-refractivity contribution in [2.24, 2.45) is 0 Å². The van der Waals surface area contributed by atoms with E-state index in [0.29, 0.717) is 12.3 Å². The Balaban J connectivity index is 1.71. The average molecular weight is 343 g/mol. The van der Waals surface area contributed by atoms with Gasteiger partial charge in [-0.25, -0.2) is 0 Å². The van der Waals surface area contributed by atoms with Gasteiger partial charge in [-0.2, -0.15) is 0 Å². The summed E-state index contributed by atoms with van der Waals surface area (Å²) < 4.78 is 5.28. The van der Waals surface area contributed by atoms with Crippen molar-refractivity contribution in [3.8, 4) is 0 Å². The molecule has 1 aromatic heterocycles. The molecule has 5 heteroatoms. The van der Waals surface area contributed by atoms with Crippen molar-refractivity contribution < 1.29 is 9.32 Å². The lowest BCUT2D eigenvalue weighted by Gasteiger charge is -2.14. The van der Waals surface area contributed by atoms with Crippen LogP contribution in [0.1, 0.15) is 42.9 Å². The minimum absolute atomic E-state index is 0.0119. The highest BCUT2D eigenvalue weighted by molar-refractivity contribution is 6.30. The zero-order valence-electron chi connectivity index (χ0n) is 13.4. The number of hydrogen-bond donors (Lipinski definition) is 1. The van der Waals surface area contributed by atoms with Crippen molar-refractivity contribution in [1.82, 2.24) is 5.16 Å². The first-order chi connectivity index (χ1) is 11.7. The topological polar surface area (TPSA) is 55.1 Å². The van der Waals surface area contributed by atoms with Gasteiger partial charge in [0.1, 0.15) is 0 Å². The van der Waals surface area contributed by atoms with Crippen molar-refractivity contribution >= 4 is 23.4 Å². The highest BCUT2D eigenvalue weighted by Gasteiger charge is 2.23. The molecule has 0 radical (unpaired) electrons. The SMILES string of the molecule is CCC(C(=O)Nc1cc(C2CC=CC=C2Cl)no1)c1ccccc1. The van der Waals surface area contributed by atoms with Crippen molar-refractivity contribution in [1.29, 1.82) is 0 Å². The van der Waals surface area contributed by atoms with Crippen LogP contribution in [0.4, 0.5) is 5.88 Å². The van der Waals surface area contributed by atoms with Crippen LogP contribution in [-0.2, 0) is 4.79 Å². The highest BCUT2D eigenvalue weighted by atomic mass is 35.5. The van der Waals surface area contributed by atoms with Gasteiger partial charge in [0.05, 0.1) is 11.6 Å². The summed E-state index contributed by atoms with van der Waals surface area (Å²) in [6, 6.07) is 11.5. The molecule has 0 fully saturated rings. The van der Waals surface area contributed by atoms with Gasteiger partial charge in [-0.3, -0.25) is 10.1 Å². The van der Waals surface area contributed by atoms with Crippen LogP contribution in [0.15, 0.2) is 64.2 Å². The molecule has 1 N–H and O–H groups in total. The Labute approximate surface area is 146 Å². The zero-order chi connectivity index (χ0) is 16.9. The minimum Gasteiger partial charge on any atom is -0.338 e. The number of anilines is 1. The zero-order valence-corrected chi connectivity index (χ0v) is 14.2. The first kappa shape index (κ1) is 16.5. The van der Waals surface area contributed by atoms with Crippen molar-refractivity contribution in [2.75, 3.05) is 5.32 Å². The first-order valence-electron chi connectivity index (χ1n) is 8.03. The Bertz CT molecular complexity index is 765. The molecule has 4 nitrogen and oxygen atoms in total. The monoisotopic (exact) mass is 342 g/mol. The maximum atomic E-state index is 12.5. The lowest BCUT2D eigenvalue weighted by molar-refractivity contribution is -0.117. The predicted octanol–water partition coefficient (Wildman–Crippen LogP) is 4.97. The van der Waals surface area contributed by atoms with Crippen molar-refractivity contribution in [3.63, 3.8) is 0 Å². The molecular weight excluding hydrogens is 324 g/mol. The average Bonchev–Trinajstić information content (AvgIpc) is 3.05. The lowest BCUT2D eigenvalue weighted by Crippen LogP contribution is -2.20. The Morgan fingerprint density at radius 3 is 2.92 bits per heavy atom. The third-order valence-electron chi connectivity index (χ3n) is 4.15. The van der Waals surface area contributed by atoms with E-state index in [1.54, 1.807) is 6.07 Å². The molecule has 0 aliphatic heterocycles. The Morgan fingerprint density at radius 2 is 2.21 bits per heavy atom. The second-order valence-electron chi connectivity index (χ2n) is 5.74. The van der Waals surface area contributed by atoms with Crippen LogP contribution in [-0.4, -0.2) is 11.1 Å². The van der Waals surface area contributed by atoms with Crippen LogP contribution in [0, 0.1) is 0 Å². The van der Waals surface area contributed by atoms with E-state index in [2.05, 4.69) is 10.5 Å². The van der Waals surface area contributed by atoms with Gasteiger partial charge in [-0.1, -0.05) is 66.2 Å². The van der Waals surface area contributed by atoms with Crippen LogP contribution in [0.25, 0.3) is 0 Å². The fraction of sp³-hybridized carbons (Fsp3) is 0.263. The highest BCUT2D eigenvalue weighted by Crippen LogP contribution is 2.34. The molecule has 0 spiro atoms. The third kappa shape index (κ3) is 3.60. The summed E-state index contributed by atoms with van der Waals surface area (Å²) in [4.78, 5) is 12.5. The summed E-state index contributed by atoms with van der Waals surface area (Å²) in [5.41, 5.74) is 1.71. The van der Waals surface area contributed by atoms with E-state index in [1.165, 1.54) is 0 Å². The standard InChI is InChI=1S/C19H19ClN2O2/c1-2-14(13-8-4-3-5-9-13)19(23)21-18-12-17(22-24-18)15-10-6-7-11-16(15)20/h3-9,11-12,14-15H,2,10H2,1H3,(H,21,23). The second kappa shape index (κ2) is 7.49. The largest absolute Gasteiger partial charge is 0.338 e. The molecule has 2 aromatic rings. The van der Waals surface area contributed by atoms with E-state index >= 15 is 0 Å². The quantitative estimate of drug-likeness (QED) is 0.834. The summed E-state index contributed by atoms with van der Waals surface area (Å²) in [5.74, 6) is 0.0167. The van der Waals surface area contributed by atoms with Gasteiger partial charge in [0.15, 0.2) is 0 Å². The van der Waals surface area contributed by atoms with Gasteiger partial charge in [0.25, 0.3) is 0 Å². The number of hydrogen-bond acceptors (Lipinski definition) is 3. The summed E-state index contributed by atoms with van der Waals surface area (Å²) >= 11 is 6.23. The van der Waals surface area contributed by atoms with E-state index in [-0.39, 0.29) is 17.7 Å². The number of aromatic nitrogens is 1. The molecule has 1 heterocycles. The molecule has 0 saturated carbocycles. The number of nitrogens with zero attached hydrogens (tertiary/aromatic N) is 1. The number of allylic oxidation sites excluding steroid dienone is 4. The minimum atomic E-state index is -0.221. The Morgan fingerprint density at radius 1 is 1.42 bits per heavy atom. The summed E-state index contributed by atoms with van der Waals surface area (Å²) in [7, 11) is 0. The normalized spacial score (nSPS) is 18.1. The number of carbonyl (C=O) groups is 1. The van der Waals surface area contributed by atoms with Gasteiger partial charge in [0.2, 0.25) is 11.8 Å². The molecular formula is C19H19ClN2O2. The Hall–Kier alpha value is -2.33. The lowest BCUT2D eigenvalue weighted by atomic mass is 9.95. The fourth-order valence-electron chi connectivity index (χ4n) is 2.84. The molecule has 1 aromatic carbocycles. The van der Waals surface area contributed by atoms with Crippen molar-refractivity contribution in [2.45, 2.75) is 31.6 Å². The number of carbonyl (C=O) groups excluding carboxylic acids is 1. The molecule has 1 aliphatic rings. The number of nitrogens with one attached hydrogen (secondary N) is 1. The summed E-state index contributed by atoms with van der Waals surface area (Å²) in [6.07, 6.45) is 7.29. The smallest absolute Gasteiger partial charge is 0.234 e. The maximum Gasteiger partial charge on any atom is 0.234 e. The molecule has 2 unspecified atom stereocenters. The van der Waals surface area contributed by atoms with Gasteiger partial charge < -0.3 is 4.52 Å². The van der Waals surface area contributed by atoms with Gasteiger partial charge in [-0.15, -0.1) is 0 Å². The second-order valence-corrected chi connectivity index (χ2v) is 6.18. The predicted molar refractivity (Wildman–Crippen MR) is 95.0 cm³/mol. The third-order valence-corrected chi connectivity index (χ3v) is 4.54. The van der Waals surface area contributed by atoms with E-state index in [1.807, 2.05) is 55.5 Å². The van der Waals surface area contributed by atoms with Crippen LogP contribution >= 0.6 is 11.6 Å². The van der Waals surface area contributed by atoms with Gasteiger partial charge in [-0.05, 0) is 24.5 Å². The van der Waals surface area contributed by atoms with Crippen LogP contribution in [0.5, 0.6) is 0 Å². The van der Waals surface area contributed by atoms with E-state index in [0.717, 1.165) is 22.7 Å². The summed E-state index contributed by atoms with van der Waals surface area (Å²) in [5, 5.41) is 7.59. The van der Waals surface area contributed by atoms with Crippen molar-refractivity contribution in [3.05, 3.63) is 70.9 Å². The molecule has 1 aliphatic carbocycles. The summed E-state index contributed by atoms with van der Waals surface area (Å²) in [6.45, 7) is 1.99. The van der Waals surface area contributed by atoms with E-state index in [9.17, 15) is 4.79 Å². The van der Waals surface area contributed by atoms with Gasteiger partial charge >= 0.3 is 0 Å². The molecule has 124 valence electrons. The molecule has 24 heavy (non-hydrogen) atoms. The maximum absolute atomic E-state index is 12.5. The fourth-order valence-corrected chi connectivity index (χ4v) is 3.12. The molecule has 0 saturated heterocycles. The van der Waals surface area contributed by atoms with Crippen LogP contribution in [0.3, 0.4) is 0 Å². The molecule has 0 bridgehead atoms. The number of halogens is 1. The molecule has 2 atom stereocenters. The van der Waals surface area contributed by atoms with E-state index < -0.39 is 0 Å². The van der Waals surface area contributed by atoms with E-state index in [4.69, 9.17) is 16.1 Å². The van der Waals surface area contributed by atoms with Crippen LogP contribution < -0.4 is 5.32 Å². The number of benzene rings is 1.